The molecule has 2 aromatic rings. The van der Waals surface area contributed by atoms with Crippen LogP contribution < -0.4 is 5.56 Å². The molecule has 1 N–H and O–H groups in total. The summed E-state index contributed by atoms with van der Waals surface area (Å²) in [6.45, 7) is 0. The van der Waals surface area contributed by atoms with Crippen molar-refractivity contribution in [2.45, 2.75) is 6.10 Å². The first-order valence-corrected chi connectivity index (χ1v) is 8.47. The molecule has 1 aromatic heterocycles. The molecule has 1 heterocycles. The number of hydrogen-bond acceptors (Lipinski definition) is 3. The summed E-state index contributed by atoms with van der Waals surface area (Å²) in [5.74, 6) is -0.00955. The van der Waals surface area contributed by atoms with E-state index >= 15 is 0 Å². The Hall–Kier alpha value is -1.24. The van der Waals surface area contributed by atoms with Crippen LogP contribution in [0.3, 0.4) is 0 Å². The van der Waals surface area contributed by atoms with Gasteiger partial charge in [-0.3, -0.25) is 14.2 Å². The molecular formula is C15H13Br2NO3. The van der Waals surface area contributed by atoms with E-state index in [0.29, 0.717) is 22.1 Å². The molecule has 0 saturated heterocycles. The number of nitrogens with zero attached hydrogens (tertiary/aromatic N) is 1. The largest absolute Gasteiger partial charge is 0.388 e. The fourth-order valence-corrected chi connectivity index (χ4v) is 2.59. The van der Waals surface area contributed by atoms with Gasteiger partial charge < -0.3 is 5.11 Å². The average molecular weight is 415 g/mol. The molecule has 0 radical (unpaired) electrons. The molecule has 1 atom stereocenters. The summed E-state index contributed by atoms with van der Waals surface area (Å²) in [4.78, 5) is 23.6. The van der Waals surface area contributed by atoms with Gasteiger partial charge in [0.15, 0.2) is 5.78 Å². The third-order valence-corrected chi connectivity index (χ3v) is 4.19. The van der Waals surface area contributed by atoms with Crippen LogP contribution in [0.1, 0.15) is 22.0 Å². The van der Waals surface area contributed by atoms with Crippen molar-refractivity contribution in [1.29, 1.82) is 0 Å². The molecule has 6 heteroatoms. The van der Waals surface area contributed by atoms with Crippen LogP contribution in [0.15, 0.2) is 47.4 Å². The molecule has 21 heavy (non-hydrogen) atoms. The summed E-state index contributed by atoms with van der Waals surface area (Å²) in [6, 6.07) is 9.92. The smallest absolute Gasteiger partial charge is 0.255 e. The van der Waals surface area contributed by atoms with Gasteiger partial charge in [0, 0.05) is 28.8 Å². The number of carbonyl (C=O) groups excluding carboxylic acids is 1. The van der Waals surface area contributed by atoms with Crippen molar-refractivity contribution < 1.29 is 9.90 Å². The summed E-state index contributed by atoms with van der Waals surface area (Å²) in [5.41, 5.74) is 1.60. The lowest BCUT2D eigenvalue weighted by Crippen LogP contribution is -2.18. The van der Waals surface area contributed by atoms with Crippen LogP contribution in [0.4, 0.5) is 0 Å². The minimum atomic E-state index is -0.703. The van der Waals surface area contributed by atoms with Crippen LogP contribution in [0, 0.1) is 0 Å². The molecule has 0 saturated carbocycles. The van der Waals surface area contributed by atoms with Crippen molar-refractivity contribution in [3.05, 3.63) is 64.1 Å². The number of hydrogen-bond donors (Lipinski definition) is 1. The summed E-state index contributed by atoms with van der Waals surface area (Å²) >= 11 is 6.30. The zero-order valence-corrected chi connectivity index (χ0v) is 14.2. The van der Waals surface area contributed by atoms with E-state index in [1.807, 2.05) is 0 Å². The lowest BCUT2D eigenvalue weighted by molar-refractivity contribution is 0.102. The van der Waals surface area contributed by atoms with Gasteiger partial charge in [-0.2, -0.15) is 0 Å². The number of Topliss-reactive ketones (excluding diaryl/α,β-unsaturated/α-hetero) is 1. The number of halogens is 2. The van der Waals surface area contributed by atoms with E-state index in [1.54, 1.807) is 36.5 Å². The highest BCUT2D eigenvalue weighted by molar-refractivity contribution is 9.09. The Morgan fingerprint density at radius 1 is 1.19 bits per heavy atom. The first-order chi connectivity index (χ1) is 10.1. The van der Waals surface area contributed by atoms with Gasteiger partial charge in [0.05, 0.1) is 11.4 Å². The lowest BCUT2D eigenvalue weighted by atomic mass is 10.1. The monoisotopic (exact) mass is 413 g/mol. The van der Waals surface area contributed by atoms with Crippen molar-refractivity contribution in [3.8, 4) is 5.69 Å². The SMILES string of the molecule is O=C(CBr)c1ccc(-n2ccc(C(O)CBr)cc2=O)cc1. The maximum absolute atomic E-state index is 12.1. The van der Waals surface area contributed by atoms with E-state index in [9.17, 15) is 14.7 Å². The van der Waals surface area contributed by atoms with Gasteiger partial charge in [0.2, 0.25) is 0 Å². The topological polar surface area (TPSA) is 59.3 Å². The van der Waals surface area contributed by atoms with Gasteiger partial charge in [0.1, 0.15) is 0 Å². The number of rotatable bonds is 5. The second-order valence-electron chi connectivity index (χ2n) is 4.44. The number of ketones is 1. The zero-order valence-electron chi connectivity index (χ0n) is 11.0. The summed E-state index contributed by atoms with van der Waals surface area (Å²) in [6.07, 6.45) is 0.913. The number of pyridine rings is 1. The quantitative estimate of drug-likeness (QED) is 0.604. The maximum atomic E-state index is 12.1. The molecule has 0 aliphatic rings. The Bertz CT molecular complexity index is 695. The van der Waals surface area contributed by atoms with Crippen LogP contribution in [0.5, 0.6) is 0 Å². The molecule has 4 nitrogen and oxygen atoms in total. The van der Waals surface area contributed by atoms with E-state index in [-0.39, 0.29) is 16.7 Å². The van der Waals surface area contributed by atoms with E-state index in [2.05, 4.69) is 31.9 Å². The molecule has 0 bridgehead atoms. The van der Waals surface area contributed by atoms with Gasteiger partial charge in [-0.15, -0.1) is 0 Å². The first kappa shape index (κ1) is 16.1. The summed E-state index contributed by atoms with van der Waals surface area (Å²) in [5, 5.41) is 10.3. The van der Waals surface area contributed by atoms with Crippen LogP contribution in [0.2, 0.25) is 0 Å². The number of aliphatic hydroxyl groups is 1. The normalized spacial score (nSPS) is 12.1. The number of carbonyl (C=O) groups is 1. The third-order valence-electron chi connectivity index (χ3n) is 3.06. The van der Waals surface area contributed by atoms with Crippen LogP contribution in [0.25, 0.3) is 5.69 Å². The predicted molar refractivity (Wildman–Crippen MR) is 88.9 cm³/mol. The lowest BCUT2D eigenvalue weighted by Gasteiger charge is -2.10. The number of aliphatic hydroxyl groups excluding tert-OH is 1. The molecule has 2 rings (SSSR count). The Kier molecular flexibility index (Phi) is 5.50. The van der Waals surface area contributed by atoms with E-state index in [4.69, 9.17) is 0 Å². The molecule has 110 valence electrons. The van der Waals surface area contributed by atoms with Gasteiger partial charge >= 0.3 is 0 Å². The van der Waals surface area contributed by atoms with Crippen LogP contribution >= 0.6 is 31.9 Å². The molecule has 1 aromatic carbocycles. The highest BCUT2D eigenvalue weighted by Gasteiger charge is 2.09. The predicted octanol–water partition coefficient (Wildman–Crippen LogP) is 2.84. The Balaban J connectivity index is 2.34. The minimum absolute atomic E-state index is 0.00955. The standard InChI is InChI=1S/C15H13Br2NO3/c16-8-13(19)10-1-3-12(4-2-10)18-6-5-11(7-15(18)21)14(20)9-17/h1-7,14,20H,8-9H2. The highest BCUT2D eigenvalue weighted by atomic mass is 79.9. The van der Waals surface area contributed by atoms with E-state index < -0.39 is 6.10 Å². The molecule has 0 aliphatic heterocycles. The molecule has 0 amide bonds. The number of benzene rings is 1. The molecule has 0 fully saturated rings. The highest BCUT2D eigenvalue weighted by Crippen LogP contribution is 2.14. The Morgan fingerprint density at radius 3 is 2.38 bits per heavy atom. The van der Waals surface area contributed by atoms with Crippen molar-refractivity contribution in [2.24, 2.45) is 0 Å². The fourth-order valence-electron chi connectivity index (χ4n) is 1.89. The summed E-state index contributed by atoms with van der Waals surface area (Å²) in [7, 11) is 0. The van der Waals surface area contributed by atoms with Crippen molar-refractivity contribution >= 4 is 37.6 Å². The Morgan fingerprint density at radius 2 is 1.86 bits per heavy atom. The van der Waals surface area contributed by atoms with Crippen LogP contribution in [-0.2, 0) is 0 Å². The summed E-state index contributed by atoms with van der Waals surface area (Å²) < 4.78 is 1.47. The minimum Gasteiger partial charge on any atom is -0.388 e. The average Bonchev–Trinajstić information content (AvgIpc) is 2.53. The zero-order chi connectivity index (χ0) is 15.4. The molecule has 0 spiro atoms. The maximum Gasteiger partial charge on any atom is 0.255 e. The van der Waals surface area contributed by atoms with Crippen molar-refractivity contribution in [3.63, 3.8) is 0 Å². The number of alkyl halides is 2. The van der Waals surface area contributed by atoms with Crippen molar-refractivity contribution in [2.75, 3.05) is 10.7 Å². The van der Waals surface area contributed by atoms with Gasteiger partial charge in [0.25, 0.3) is 5.56 Å². The molecule has 0 aliphatic carbocycles. The van der Waals surface area contributed by atoms with Gasteiger partial charge in [-0.1, -0.05) is 31.9 Å². The van der Waals surface area contributed by atoms with E-state index in [0.717, 1.165) is 0 Å². The second kappa shape index (κ2) is 7.15. The molecular weight excluding hydrogens is 402 g/mol. The van der Waals surface area contributed by atoms with E-state index in [1.165, 1.54) is 10.6 Å². The molecule has 1 unspecified atom stereocenters. The van der Waals surface area contributed by atoms with Crippen molar-refractivity contribution in [1.82, 2.24) is 4.57 Å². The second-order valence-corrected chi connectivity index (χ2v) is 5.65. The fraction of sp³-hybridized carbons (Fsp3) is 0.200. The number of aromatic nitrogens is 1. The van der Waals surface area contributed by atoms with Crippen LogP contribution in [-0.4, -0.2) is 26.1 Å². The first-order valence-electron chi connectivity index (χ1n) is 6.23. The van der Waals surface area contributed by atoms with Gasteiger partial charge in [-0.25, -0.2) is 0 Å². The van der Waals surface area contributed by atoms with Gasteiger partial charge in [-0.05, 0) is 35.9 Å². The Labute approximate surface area is 138 Å². The third kappa shape index (κ3) is 3.70.